The summed E-state index contributed by atoms with van der Waals surface area (Å²) < 4.78 is 8.52. The van der Waals surface area contributed by atoms with Crippen LogP contribution in [-0.4, -0.2) is 28.6 Å². The molecule has 0 unspecified atom stereocenters. The zero-order valence-corrected chi connectivity index (χ0v) is 23.4. The number of para-hydroxylation sites is 2. The molecule has 4 aromatic rings. The van der Waals surface area contributed by atoms with Crippen LogP contribution in [0.15, 0.2) is 66.7 Å². The molecule has 38 heavy (non-hydrogen) atoms. The Balaban J connectivity index is 1.28. The molecule has 3 aromatic carbocycles. The highest BCUT2D eigenvalue weighted by molar-refractivity contribution is 6.31. The van der Waals surface area contributed by atoms with E-state index in [2.05, 4.69) is 67.1 Å². The zero-order valence-electron chi connectivity index (χ0n) is 22.7. The Kier molecular flexibility index (Phi) is 9.83. The second kappa shape index (κ2) is 13.5. The summed E-state index contributed by atoms with van der Waals surface area (Å²) in [4.78, 5) is 17.3. The molecule has 0 spiro atoms. The number of nitrogens with one attached hydrogen (secondary N) is 1. The minimum atomic E-state index is -0.0131. The van der Waals surface area contributed by atoms with Crippen LogP contribution in [0, 0.1) is 6.92 Å². The normalized spacial score (nSPS) is 11.3. The van der Waals surface area contributed by atoms with Gasteiger partial charge in [-0.25, -0.2) is 4.98 Å². The van der Waals surface area contributed by atoms with E-state index in [1.165, 1.54) is 11.1 Å². The van der Waals surface area contributed by atoms with Gasteiger partial charge in [-0.2, -0.15) is 0 Å². The molecule has 5 nitrogen and oxygen atoms in total. The number of carbonyl (C=O) groups excluding carboxylic acids is 1. The Labute approximate surface area is 231 Å². The zero-order chi connectivity index (χ0) is 26.9. The first-order valence-corrected chi connectivity index (χ1v) is 14.0. The lowest BCUT2D eigenvalue weighted by Gasteiger charge is -2.15. The Morgan fingerprint density at radius 3 is 2.63 bits per heavy atom. The van der Waals surface area contributed by atoms with E-state index in [0.717, 1.165) is 60.4 Å². The summed E-state index contributed by atoms with van der Waals surface area (Å²) in [5.74, 6) is 2.49. The lowest BCUT2D eigenvalue weighted by Crippen LogP contribution is -2.26. The van der Waals surface area contributed by atoms with Crippen LogP contribution in [0.25, 0.3) is 11.0 Å². The number of fused-ring (bicyclic) bond motifs is 1. The molecular formula is C32H38ClN3O2. The van der Waals surface area contributed by atoms with Crippen LogP contribution in [0.4, 0.5) is 0 Å². The third-order valence-electron chi connectivity index (χ3n) is 6.77. The highest BCUT2D eigenvalue weighted by Crippen LogP contribution is 2.28. The molecule has 0 aliphatic rings. The van der Waals surface area contributed by atoms with Crippen molar-refractivity contribution in [2.75, 3.05) is 13.2 Å². The van der Waals surface area contributed by atoms with E-state index < -0.39 is 0 Å². The van der Waals surface area contributed by atoms with E-state index in [-0.39, 0.29) is 5.91 Å². The molecule has 0 aliphatic carbocycles. The van der Waals surface area contributed by atoms with Crippen molar-refractivity contribution in [3.8, 4) is 5.75 Å². The van der Waals surface area contributed by atoms with Crippen molar-refractivity contribution >= 4 is 28.5 Å². The summed E-state index contributed by atoms with van der Waals surface area (Å²) in [6.45, 7) is 8.70. The fourth-order valence-electron chi connectivity index (χ4n) is 4.71. The van der Waals surface area contributed by atoms with Crippen LogP contribution in [0.2, 0.25) is 5.02 Å². The summed E-state index contributed by atoms with van der Waals surface area (Å²) in [5.41, 5.74) is 5.51. The number of ether oxygens (including phenoxy) is 1. The van der Waals surface area contributed by atoms with Crippen molar-refractivity contribution in [3.63, 3.8) is 0 Å². The third-order valence-corrected chi connectivity index (χ3v) is 7.14. The minimum Gasteiger partial charge on any atom is -0.493 e. The van der Waals surface area contributed by atoms with Crippen molar-refractivity contribution in [2.24, 2.45) is 0 Å². The van der Waals surface area contributed by atoms with Gasteiger partial charge in [-0.15, -0.1) is 0 Å². The lowest BCUT2D eigenvalue weighted by atomic mass is 10.0. The Bertz CT molecular complexity index is 1360. The number of halogens is 1. The molecule has 0 radical (unpaired) electrons. The maximum atomic E-state index is 12.4. The molecule has 1 heterocycles. The summed E-state index contributed by atoms with van der Waals surface area (Å²) in [5, 5.41) is 3.65. The van der Waals surface area contributed by atoms with E-state index in [4.69, 9.17) is 21.3 Å². The van der Waals surface area contributed by atoms with Crippen LogP contribution in [0.3, 0.4) is 0 Å². The molecule has 0 atom stereocenters. The maximum absolute atomic E-state index is 12.4. The van der Waals surface area contributed by atoms with Crippen LogP contribution in [0.5, 0.6) is 5.75 Å². The second-order valence-corrected chi connectivity index (χ2v) is 10.5. The predicted octanol–water partition coefficient (Wildman–Crippen LogP) is 7.27. The van der Waals surface area contributed by atoms with Gasteiger partial charge >= 0.3 is 0 Å². The third kappa shape index (κ3) is 7.38. The number of unbranched alkanes of at least 4 members (excludes halogenated alkanes) is 1. The Hall–Kier alpha value is -3.31. The van der Waals surface area contributed by atoms with Crippen LogP contribution >= 0.6 is 11.6 Å². The number of imidazole rings is 1. The van der Waals surface area contributed by atoms with Gasteiger partial charge in [0.1, 0.15) is 11.6 Å². The smallest absolute Gasteiger partial charge is 0.224 e. The van der Waals surface area contributed by atoms with Crippen LogP contribution in [0.1, 0.15) is 61.5 Å². The van der Waals surface area contributed by atoms with Crippen molar-refractivity contribution in [1.29, 1.82) is 0 Å². The lowest BCUT2D eigenvalue weighted by molar-refractivity contribution is -0.120. The van der Waals surface area contributed by atoms with Crippen LogP contribution in [-0.2, 0) is 24.2 Å². The maximum Gasteiger partial charge on any atom is 0.224 e. The van der Waals surface area contributed by atoms with E-state index in [9.17, 15) is 4.79 Å². The number of benzene rings is 3. The van der Waals surface area contributed by atoms with Crippen molar-refractivity contribution in [1.82, 2.24) is 14.9 Å². The number of rotatable bonds is 13. The molecule has 0 fully saturated rings. The first kappa shape index (κ1) is 27.7. The van der Waals surface area contributed by atoms with Crippen molar-refractivity contribution in [2.45, 2.75) is 65.3 Å². The van der Waals surface area contributed by atoms with Crippen LogP contribution < -0.4 is 10.1 Å². The SMILES string of the molecule is Cc1ccc(C(C)C)c(OCCCCn2c(CCCNC(=O)Cc3ccccc3Cl)nc3ccccc32)c1. The van der Waals surface area contributed by atoms with Gasteiger partial charge in [0.25, 0.3) is 0 Å². The molecule has 4 rings (SSSR count). The fourth-order valence-corrected chi connectivity index (χ4v) is 4.92. The largest absolute Gasteiger partial charge is 0.493 e. The van der Waals surface area contributed by atoms with Gasteiger partial charge in [-0.3, -0.25) is 4.79 Å². The number of hydrogen-bond acceptors (Lipinski definition) is 3. The van der Waals surface area contributed by atoms with E-state index in [0.29, 0.717) is 30.5 Å². The number of aromatic nitrogens is 2. The number of hydrogen-bond donors (Lipinski definition) is 1. The highest BCUT2D eigenvalue weighted by atomic mass is 35.5. The number of nitrogens with zero attached hydrogens (tertiary/aromatic N) is 2. The molecule has 0 saturated carbocycles. The average molecular weight is 532 g/mol. The number of carbonyl (C=O) groups is 1. The molecule has 1 amide bonds. The molecule has 200 valence electrons. The molecule has 6 heteroatoms. The van der Waals surface area contributed by atoms with Gasteiger partial charge in [0.2, 0.25) is 5.91 Å². The van der Waals surface area contributed by atoms with Gasteiger partial charge in [-0.1, -0.05) is 67.9 Å². The summed E-state index contributed by atoms with van der Waals surface area (Å²) in [7, 11) is 0. The van der Waals surface area contributed by atoms with Gasteiger partial charge in [0, 0.05) is 24.5 Å². The Morgan fingerprint density at radius 2 is 1.82 bits per heavy atom. The predicted molar refractivity (Wildman–Crippen MR) is 156 cm³/mol. The summed E-state index contributed by atoms with van der Waals surface area (Å²) >= 11 is 6.18. The Morgan fingerprint density at radius 1 is 1.03 bits per heavy atom. The highest BCUT2D eigenvalue weighted by Gasteiger charge is 2.12. The second-order valence-electron chi connectivity index (χ2n) is 10.1. The van der Waals surface area contributed by atoms with Gasteiger partial charge < -0.3 is 14.6 Å². The standard InChI is InChI=1S/C32H38ClN3O2/c1-23(2)26-17-16-24(3)21-30(26)38-20-9-8-19-36-29-14-7-6-13-28(29)35-31(36)15-10-18-34-32(37)22-25-11-4-5-12-27(25)33/h4-7,11-14,16-17,21,23H,8-10,15,18-20,22H2,1-3H3,(H,34,37). The van der Waals surface area contributed by atoms with Gasteiger partial charge in [-0.05, 0) is 73.1 Å². The van der Waals surface area contributed by atoms with Gasteiger partial charge in [0.05, 0.1) is 24.1 Å². The molecule has 1 aromatic heterocycles. The number of amides is 1. The molecule has 0 bridgehead atoms. The topological polar surface area (TPSA) is 56.1 Å². The molecule has 1 N–H and O–H groups in total. The minimum absolute atomic E-state index is 0.0131. The number of aryl methyl sites for hydroxylation is 3. The quantitative estimate of drug-likeness (QED) is 0.184. The molecule has 0 aliphatic heterocycles. The van der Waals surface area contributed by atoms with Gasteiger partial charge in [0.15, 0.2) is 0 Å². The summed E-state index contributed by atoms with van der Waals surface area (Å²) in [6.07, 6.45) is 3.90. The van der Waals surface area contributed by atoms with E-state index in [1.807, 2.05) is 30.3 Å². The van der Waals surface area contributed by atoms with E-state index >= 15 is 0 Å². The average Bonchev–Trinajstić information content (AvgIpc) is 3.25. The fraction of sp³-hybridized carbons (Fsp3) is 0.375. The monoisotopic (exact) mass is 531 g/mol. The van der Waals surface area contributed by atoms with Crippen molar-refractivity contribution in [3.05, 3.63) is 94.3 Å². The molecule has 0 saturated heterocycles. The molecular weight excluding hydrogens is 494 g/mol. The van der Waals surface area contributed by atoms with E-state index in [1.54, 1.807) is 0 Å². The first-order valence-electron chi connectivity index (χ1n) is 13.6. The van der Waals surface area contributed by atoms with Crippen molar-refractivity contribution < 1.29 is 9.53 Å². The summed E-state index contributed by atoms with van der Waals surface area (Å²) in [6, 6.07) is 22.2. The first-order chi connectivity index (χ1) is 18.4.